The lowest BCUT2D eigenvalue weighted by molar-refractivity contribution is -0.143. The second kappa shape index (κ2) is 15.5. The van der Waals surface area contributed by atoms with Gasteiger partial charge >= 0.3 is 11.9 Å². The molecule has 0 aliphatic heterocycles. The van der Waals surface area contributed by atoms with Gasteiger partial charge in [0.2, 0.25) is 17.7 Å². The Bertz CT molecular complexity index is 689. The van der Waals surface area contributed by atoms with E-state index in [1.807, 2.05) is 6.26 Å². The first kappa shape index (κ1) is 30.6. The predicted molar refractivity (Wildman–Crippen MR) is 122 cm³/mol. The van der Waals surface area contributed by atoms with Crippen LogP contribution in [-0.2, 0) is 24.0 Å². The number of aliphatic hydroxyl groups is 1. The van der Waals surface area contributed by atoms with Crippen LogP contribution >= 0.6 is 11.8 Å². The minimum atomic E-state index is -1.46. The Balaban J connectivity index is 5.39. The lowest BCUT2D eigenvalue weighted by Crippen LogP contribution is -2.60. The molecule has 33 heavy (non-hydrogen) atoms. The number of hydrogen-bond acceptors (Lipinski definition) is 8. The average Bonchev–Trinajstić information content (AvgIpc) is 2.70. The minimum absolute atomic E-state index is 0.0806. The number of carbonyl (C=O) groups is 5. The number of thioether (sulfide) groups is 1. The molecule has 5 atom stereocenters. The van der Waals surface area contributed by atoms with Crippen LogP contribution in [0.25, 0.3) is 0 Å². The fourth-order valence-corrected chi connectivity index (χ4v) is 3.29. The Morgan fingerprint density at radius 1 is 0.879 bits per heavy atom. The zero-order valence-electron chi connectivity index (χ0n) is 19.4. The van der Waals surface area contributed by atoms with Crippen LogP contribution in [0.4, 0.5) is 0 Å². The molecule has 0 aliphatic carbocycles. The van der Waals surface area contributed by atoms with Gasteiger partial charge in [0, 0.05) is 6.42 Å². The maximum atomic E-state index is 12.8. The Labute approximate surface area is 197 Å². The van der Waals surface area contributed by atoms with E-state index in [1.165, 1.54) is 18.7 Å². The van der Waals surface area contributed by atoms with Crippen LogP contribution in [0.2, 0.25) is 0 Å². The van der Waals surface area contributed by atoms with E-state index in [1.54, 1.807) is 13.8 Å². The second-order valence-electron chi connectivity index (χ2n) is 8.14. The number of nitrogens with two attached hydrogens (primary N) is 1. The number of carboxylic acid groups (broad SMARTS) is 2. The highest BCUT2D eigenvalue weighted by atomic mass is 32.2. The Morgan fingerprint density at radius 2 is 1.45 bits per heavy atom. The van der Waals surface area contributed by atoms with Crippen LogP contribution in [0.1, 0.15) is 46.5 Å². The van der Waals surface area contributed by atoms with Crippen molar-refractivity contribution in [2.45, 2.75) is 76.7 Å². The first-order chi connectivity index (χ1) is 15.3. The van der Waals surface area contributed by atoms with Crippen molar-refractivity contribution < 1.29 is 39.3 Å². The molecule has 0 saturated carbocycles. The molecule has 0 aromatic carbocycles. The summed E-state index contributed by atoms with van der Waals surface area (Å²) in [6.07, 6.45) is 0.257. The van der Waals surface area contributed by atoms with Crippen LogP contribution in [0.5, 0.6) is 0 Å². The van der Waals surface area contributed by atoms with Crippen LogP contribution in [0, 0.1) is 5.92 Å². The van der Waals surface area contributed by atoms with Gasteiger partial charge in [-0.1, -0.05) is 13.8 Å². The Hall–Kier alpha value is -2.38. The number of nitrogens with one attached hydrogen (secondary N) is 3. The lowest BCUT2D eigenvalue weighted by atomic mass is 10.0. The molecule has 0 heterocycles. The van der Waals surface area contributed by atoms with E-state index in [0.717, 1.165) is 0 Å². The monoisotopic (exact) mass is 492 g/mol. The van der Waals surface area contributed by atoms with Gasteiger partial charge < -0.3 is 37.0 Å². The molecule has 0 rings (SSSR count). The number of amides is 3. The van der Waals surface area contributed by atoms with E-state index in [4.69, 9.17) is 10.8 Å². The highest BCUT2D eigenvalue weighted by molar-refractivity contribution is 7.98. The van der Waals surface area contributed by atoms with Gasteiger partial charge in [-0.2, -0.15) is 11.8 Å². The van der Waals surface area contributed by atoms with Gasteiger partial charge in [0.25, 0.3) is 0 Å². The molecule has 3 amide bonds. The highest BCUT2D eigenvalue weighted by Gasteiger charge is 2.32. The SMILES string of the molecule is CSCCC(N)C(=O)NC(C(=O)NC(CC(C)C)C(=O)NC(CCC(=O)O)C(=O)O)C(C)O. The van der Waals surface area contributed by atoms with Crippen molar-refractivity contribution in [3.05, 3.63) is 0 Å². The normalized spacial score (nSPS) is 15.6. The van der Waals surface area contributed by atoms with E-state index in [2.05, 4.69) is 16.0 Å². The summed E-state index contributed by atoms with van der Waals surface area (Å²) in [5.41, 5.74) is 5.80. The summed E-state index contributed by atoms with van der Waals surface area (Å²) in [6.45, 7) is 4.86. The number of rotatable bonds is 16. The molecule has 5 unspecified atom stereocenters. The summed E-state index contributed by atoms with van der Waals surface area (Å²) in [4.78, 5) is 59.9. The number of carboxylic acids is 2. The molecule has 8 N–H and O–H groups in total. The third-order valence-corrected chi connectivity index (χ3v) is 5.28. The van der Waals surface area contributed by atoms with Crippen molar-refractivity contribution in [2.24, 2.45) is 11.7 Å². The molecule has 0 fully saturated rings. The van der Waals surface area contributed by atoms with Crippen molar-refractivity contribution >= 4 is 41.4 Å². The minimum Gasteiger partial charge on any atom is -0.481 e. The largest absolute Gasteiger partial charge is 0.481 e. The fraction of sp³-hybridized carbons (Fsp3) is 0.750. The number of aliphatic carboxylic acids is 2. The van der Waals surface area contributed by atoms with Crippen molar-refractivity contribution in [2.75, 3.05) is 12.0 Å². The zero-order chi connectivity index (χ0) is 25.7. The molecular weight excluding hydrogens is 456 g/mol. The van der Waals surface area contributed by atoms with E-state index in [-0.39, 0.29) is 18.8 Å². The van der Waals surface area contributed by atoms with E-state index >= 15 is 0 Å². The van der Waals surface area contributed by atoms with Gasteiger partial charge in [0.15, 0.2) is 0 Å². The van der Waals surface area contributed by atoms with Crippen LogP contribution in [0.3, 0.4) is 0 Å². The molecule has 0 saturated heterocycles. The zero-order valence-corrected chi connectivity index (χ0v) is 20.2. The van der Waals surface area contributed by atoms with Gasteiger partial charge in [-0.25, -0.2) is 4.79 Å². The third kappa shape index (κ3) is 12.4. The van der Waals surface area contributed by atoms with Crippen molar-refractivity contribution in [3.63, 3.8) is 0 Å². The quantitative estimate of drug-likeness (QED) is 0.138. The summed E-state index contributed by atoms with van der Waals surface area (Å²) >= 11 is 1.50. The smallest absolute Gasteiger partial charge is 0.326 e. The molecule has 0 aliphatic rings. The predicted octanol–water partition coefficient (Wildman–Crippen LogP) is -1.10. The van der Waals surface area contributed by atoms with Crippen LogP contribution in [0.15, 0.2) is 0 Å². The maximum Gasteiger partial charge on any atom is 0.326 e. The van der Waals surface area contributed by atoms with Gasteiger partial charge in [0.1, 0.15) is 18.1 Å². The van der Waals surface area contributed by atoms with Crippen molar-refractivity contribution in [1.29, 1.82) is 0 Å². The number of aliphatic hydroxyl groups excluding tert-OH is 1. The van der Waals surface area contributed by atoms with Crippen LogP contribution < -0.4 is 21.7 Å². The molecule has 0 bridgehead atoms. The highest BCUT2D eigenvalue weighted by Crippen LogP contribution is 2.08. The van der Waals surface area contributed by atoms with E-state index < -0.39 is 66.4 Å². The molecule has 0 spiro atoms. The topological polar surface area (TPSA) is 208 Å². The Morgan fingerprint density at radius 3 is 1.91 bits per heavy atom. The molecular formula is C20H36N4O8S. The number of hydrogen-bond donors (Lipinski definition) is 7. The standard InChI is InChI=1S/C20H36N4O8S/c1-10(2)9-14(18(29)22-13(20(31)32)5-6-15(26)27)23-19(30)16(11(3)25)24-17(28)12(21)7-8-33-4/h10-14,16,25H,5-9,21H2,1-4H3,(H,22,29)(H,23,30)(H,24,28)(H,26,27)(H,31,32). The van der Waals surface area contributed by atoms with Crippen molar-refractivity contribution in [1.82, 2.24) is 16.0 Å². The second-order valence-corrected chi connectivity index (χ2v) is 9.12. The third-order valence-electron chi connectivity index (χ3n) is 4.63. The van der Waals surface area contributed by atoms with Crippen molar-refractivity contribution in [3.8, 4) is 0 Å². The first-order valence-electron chi connectivity index (χ1n) is 10.6. The molecule has 0 aromatic rings. The summed E-state index contributed by atoms with van der Waals surface area (Å²) in [6, 6.07) is -4.90. The summed E-state index contributed by atoms with van der Waals surface area (Å²) < 4.78 is 0. The number of carbonyl (C=O) groups excluding carboxylic acids is 3. The van der Waals surface area contributed by atoms with Gasteiger partial charge in [-0.15, -0.1) is 0 Å². The molecule has 12 nitrogen and oxygen atoms in total. The lowest BCUT2D eigenvalue weighted by Gasteiger charge is -2.27. The molecule has 0 radical (unpaired) electrons. The molecule has 0 aromatic heterocycles. The summed E-state index contributed by atoms with van der Waals surface area (Å²) in [7, 11) is 0. The first-order valence-corrected chi connectivity index (χ1v) is 12.0. The average molecular weight is 493 g/mol. The molecule has 13 heteroatoms. The van der Waals surface area contributed by atoms with Gasteiger partial charge in [-0.3, -0.25) is 19.2 Å². The maximum absolute atomic E-state index is 12.8. The van der Waals surface area contributed by atoms with E-state index in [9.17, 15) is 34.2 Å². The van der Waals surface area contributed by atoms with Gasteiger partial charge in [0.05, 0.1) is 12.1 Å². The van der Waals surface area contributed by atoms with E-state index in [0.29, 0.717) is 12.2 Å². The Kier molecular flexibility index (Phi) is 14.3. The fourth-order valence-electron chi connectivity index (χ4n) is 2.80. The summed E-state index contributed by atoms with van der Waals surface area (Å²) in [5, 5.41) is 35.1. The van der Waals surface area contributed by atoms with Crippen LogP contribution in [-0.4, -0.2) is 87.3 Å². The molecule has 190 valence electrons. The summed E-state index contributed by atoms with van der Waals surface area (Å²) in [5.74, 6) is -4.36. The van der Waals surface area contributed by atoms with Gasteiger partial charge in [-0.05, 0) is 44.1 Å².